The van der Waals surface area contributed by atoms with E-state index < -0.39 is 12.5 Å². The van der Waals surface area contributed by atoms with Crippen LogP contribution in [0.4, 0.5) is 8.78 Å². The number of hydrogen-bond donors (Lipinski definition) is 2. The maximum atomic E-state index is 12.4. The van der Waals surface area contributed by atoms with Crippen molar-refractivity contribution < 1.29 is 13.5 Å². The number of ether oxygens (including phenoxy) is 1. The summed E-state index contributed by atoms with van der Waals surface area (Å²) in [6, 6.07) is 5.25. The van der Waals surface area contributed by atoms with Crippen molar-refractivity contribution >= 4 is 0 Å². The lowest BCUT2D eigenvalue weighted by atomic mass is 10.1. The van der Waals surface area contributed by atoms with Crippen LogP contribution in [0.25, 0.3) is 0 Å². The van der Waals surface area contributed by atoms with Gasteiger partial charge in [0, 0.05) is 0 Å². The van der Waals surface area contributed by atoms with Crippen LogP contribution in [0.15, 0.2) is 24.3 Å². The van der Waals surface area contributed by atoms with E-state index in [9.17, 15) is 8.78 Å². The molecule has 1 aromatic carbocycles. The number of hydrogen-bond acceptors (Lipinski definition) is 3. The van der Waals surface area contributed by atoms with Crippen molar-refractivity contribution in [1.29, 1.82) is 0 Å². The Morgan fingerprint density at radius 1 is 1.43 bits per heavy atom. The van der Waals surface area contributed by atoms with Gasteiger partial charge in [0.2, 0.25) is 0 Å². The molecule has 0 saturated carbocycles. The Labute approximate surface area is 80.8 Å². The monoisotopic (exact) mass is 202 g/mol. The predicted molar refractivity (Wildman–Crippen MR) is 49.1 cm³/mol. The molecule has 1 atom stereocenters. The Balaban J connectivity index is 2.92. The molecule has 5 heteroatoms. The van der Waals surface area contributed by atoms with Crippen molar-refractivity contribution in [3.8, 4) is 5.75 Å². The van der Waals surface area contributed by atoms with Gasteiger partial charge in [-0.2, -0.15) is 0 Å². The first-order chi connectivity index (χ1) is 6.69. The standard InChI is InChI=1S/C9H12F2N2O/c1-14-7-4-2-3-6(5-7)8(13-12)9(10)11/h2-5,8-9,13H,12H2,1H3. The average molecular weight is 202 g/mol. The number of nitrogens with two attached hydrogens (primary N) is 1. The number of halogens is 2. The minimum Gasteiger partial charge on any atom is -0.497 e. The minimum atomic E-state index is -2.55. The topological polar surface area (TPSA) is 47.3 Å². The first-order valence-corrected chi connectivity index (χ1v) is 4.07. The van der Waals surface area contributed by atoms with Crippen molar-refractivity contribution in [3.05, 3.63) is 29.8 Å². The summed E-state index contributed by atoms with van der Waals surface area (Å²) in [7, 11) is 1.48. The highest BCUT2D eigenvalue weighted by atomic mass is 19.3. The summed E-state index contributed by atoms with van der Waals surface area (Å²) in [6.45, 7) is 0. The highest BCUT2D eigenvalue weighted by Crippen LogP contribution is 2.23. The highest BCUT2D eigenvalue weighted by Gasteiger charge is 2.20. The summed E-state index contributed by atoms with van der Waals surface area (Å²) < 4.78 is 29.8. The SMILES string of the molecule is COc1cccc(C(NN)C(F)F)c1. The Morgan fingerprint density at radius 3 is 2.64 bits per heavy atom. The molecule has 0 bridgehead atoms. The Morgan fingerprint density at radius 2 is 2.14 bits per heavy atom. The highest BCUT2D eigenvalue weighted by molar-refractivity contribution is 5.30. The van der Waals surface area contributed by atoms with Gasteiger partial charge in [0.05, 0.1) is 7.11 Å². The lowest BCUT2D eigenvalue weighted by molar-refractivity contribution is 0.0985. The molecule has 14 heavy (non-hydrogen) atoms. The van der Waals surface area contributed by atoms with E-state index in [4.69, 9.17) is 10.6 Å². The summed E-state index contributed by atoms with van der Waals surface area (Å²) in [5.41, 5.74) is 2.47. The van der Waals surface area contributed by atoms with Gasteiger partial charge in [-0.15, -0.1) is 0 Å². The van der Waals surface area contributed by atoms with Crippen LogP contribution in [-0.4, -0.2) is 13.5 Å². The molecule has 1 unspecified atom stereocenters. The van der Waals surface area contributed by atoms with Gasteiger partial charge in [0.1, 0.15) is 11.8 Å². The van der Waals surface area contributed by atoms with Crippen LogP contribution in [0.1, 0.15) is 11.6 Å². The average Bonchev–Trinajstić information content (AvgIpc) is 2.19. The summed E-state index contributed by atoms with van der Waals surface area (Å²) >= 11 is 0. The third kappa shape index (κ3) is 2.40. The molecule has 3 nitrogen and oxygen atoms in total. The van der Waals surface area contributed by atoms with E-state index in [0.29, 0.717) is 11.3 Å². The van der Waals surface area contributed by atoms with Crippen LogP contribution in [-0.2, 0) is 0 Å². The maximum absolute atomic E-state index is 12.4. The smallest absolute Gasteiger partial charge is 0.259 e. The van der Waals surface area contributed by atoms with Crippen molar-refractivity contribution in [2.24, 2.45) is 5.84 Å². The Bertz CT molecular complexity index is 294. The lowest BCUT2D eigenvalue weighted by Gasteiger charge is -2.15. The molecule has 0 aromatic heterocycles. The largest absolute Gasteiger partial charge is 0.497 e. The molecule has 0 amide bonds. The fourth-order valence-electron chi connectivity index (χ4n) is 1.15. The molecule has 0 aliphatic carbocycles. The van der Waals surface area contributed by atoms with Gasteiger partial charge in [0.25, 0.3) is 6.43 Å². The molecule has 0 spiro atoms. The molecule has 1 rings (SSSR count). The number of methoxy groups -OCH3 is 1. The number of alkyl halides is 2. The van der Waals surface area contributed by atoms with Gasteiger partial charge in [-0.25, -0.2) is 14.2 Å². The molecule has 0 radical (unpaired) electrons. The molecule has 0 heterocycles. The Hall–Kier alpha value is -1.20. The van der Waals surface area contributed by atoms with E-state index in [1.165, 1.54) is 13.2 Å². The van der Waals surface area contributed by atoms with Gasteiger partial charge in [-0.3, -0.25) is 5.84 Å². The number of hydrazine groups is 1. The number of rotatable bonds is 4. The second kappa shape index (κ2) is 4.88. The van der Waals surface area contributed by atoms with Crippen LogP contribution in [0.2, 0.25) is 0 Å². The third-order valence-electron chi connectivity index (χ3n) is 1.88. The van der Waals surface area contributed by atoms with Crippen LogP contribution in [0.3, 0.4) is 0 Å². The number of nitrogens with one attached hydrogen (secondary N) is 1. The maximum Gasteiger partial charge on any atom is 0.259 e. The molecule has 0 saturated heterocycles. The first kappa shape index (κ1) is 10.9. The fraction of sp³-hybridized carbons (Fsp3) is 0.333. The van der Waals surface area contributed by atoms with E-state index in [-0.39, 0.29) is 0 Å². The molecule has 0 fully saturated rings. The lowest BCUT2D eigenvalue weighted by Crippen LogP contribution is -2.32. The first-order valence-electron chi connectivity index (χ1n) is 4.07. The second-order valence-corrected chi connectivity index (χ2v) is 2.76. The molecule has 78 valence electrons. The van der Waals surface area contributed by atoms with Crippen molar-refractivity contribution in [2.75, 3.05) is 7.11 Å². The molecule has 1 aromatic rings. The van der Waals surface area contributed by atoms with Gasteiger partial charge in [-0.1, -0.05) is 12.1 Å². The second-order valence-electron chi connectivity index (χ2n) is 2.76. The molecule has 0 aliphatic rings. The summed E-state index contributed by atoms with van der Waals surface area (Å²) in [5.74, 6) is 5.56. The van der Waals surface area contributed by atoms with Crippen molar-refractivity contribution in [2.45, 2.75) is 12.5 Å². The zero-order valence-electron chi connectivity index (χ0n) is 7.71. The van der Waals surface area contributed by atoms with E-state index in [0.717, 1.165) is 0 Å². The van der Waals surface area contributed by atoms with Crippen LogP contribution >= 0.6 is 0 Å². The Kier molecular flexibility index (Phi) is 3.79. The van der Waals surface area contributed by atoms with Crippen molar-refractivity contribution in [1.82, 2.24) is 5.43 Å². The molecule has 0 aliphatic heterocycles. The van der Waals surface area contributed by atoms with Gasteiger partial charge in [0.15, 0.2) is 0 Å². The molecular formula is C9H12F2N2O. The van der Waals surface area contributed by atoms with Crippen LogP contribution in [0.5, 0.6) is 5.75 Å². The summed E-state index contributed by atoms with van der Waals surface area (Å²) in [4.78, 5) is 0. The molecule has 3 N–H and O–H groups in total. The van der Waals surface area contributed by atoms with Gasteiger partial charge < -0.3 is 4.74 Å². The van der Waals surface area contributed by atoms with E-state index in [1.807, 2.05) is 0 Å². The van der Waals surface area contributed by atoms with E-state index >= 15 is 0 Å². The quantitative estimate of drug-likeness (QED) is 0.574. The normalized spacial score (nSPS) is 12.9. The van der Waals surface area contributed by atoms with E-state index in [1.54, 1.807) is 18.2 Å². The minimum absolute atomic E-state index is 0.404. The van der Waals surface area contributed by atoms with Gasteiger partial charge in [-0.05, 0) is 17.7 Å². The third-order valence-corrected chi connectivity index (χ3v) is 1.88. The fourth-order valence-corrected chi connectivity index (χ4v) is 1.15. The zero-order valence-corrected chi connectivity index (χ0v) is 7.71. The van der Waals surface area contributed by atoms with Crippen LogP contribution in [0, 0.1) is 0 Å². The summed E-state index contributed by atoms with van der Waals surface area (Å²) in [5, 5.41) is 0. The predicted octanol–water partition coefficient (Wildman–Crippen LogP) is 1.46. The van der Waals surface area contributed by atoms with E-state index in [2.05, 4.69) is 5.43 Å². The number of benzene rings is 1. The van der Waals surface area contributed by atoms with Crippen LogP contribution < -0.4 is 16.0 Å². The van der Waals surface area contributed by atoms with Gasteiger partial charge >= 0.3 is 0 Å². The summed E-state index contributed by atoms with van der Waals surface area (Å²) in [6.07, 6.45) is -2.55. The molecular weight excluding hydrogens is 190 g/mol. The van der Waals surface area contributed by atoms with Crippen molar-refractivity contribution in [3.63, 3.8) is 0 Å². The zero-order chi connectivity index (χ0) is 10.6.